The van der Waals surface area contributed by atoms with Gasteiger partial charge in [0.25, 0.3) is 0 Å². The molecule has 26 heavy (non-hydrogen) atoms. The Morgan fingerprint density at radius 3 is 2.35 bits per heavy atom. The number of aryl methyl sites for hydroxylation is 1. The zero-order chi connectivity index (χ0) is 18.5. The number of hydrogen-bond acceptors (Lipinski definition) is 3. The fourth-order valence-corrected chi connectivity index (χ4v) is 3.43. The summed E-state index contributed by atoms with van der Waals surface area (Å²) in [5.41, 5.74) is 4.98. The summed E-state index contributed by atoms with van der Waals surface area (Å²) in [5, 5.41) is 0. The second-order valence-electron chi connectivity index (χ2n) is 6.84. The van der Waals surface area contributed by atoms with E-state index >= 15 is 0 Å². The van der Waals surface area contributed by atoms with Gasteiger partial charge in [-0.1, -0.05) is 24.3 Å². The highest BCUT2D eigenvalue weighted by Gasteiger charge is 2.22. The normalized spacial score (nSPS) is 14.4. The highest BCUT2D eigenvalue weighted by Crippen LogP contribution is 2.24. The lowest BCUT2D eigenvalue weighted by Gasteiger charge is -2.37. The lowest BCUT2D eigenvalue weighted by molar-refractivity contribution is -0.130. The first kappa shape index (κ1) is 18.3. The Hall–Kier alpha value is -2.49. The number of ether oxygens (including phenoxy) is 1. The van der Waals surface area contributed by atoms with Crippen LogP contribution in [-0.2, 0) is 11.2 Å². The van der Waals surface area contributed by atoms with Gasteiger partial charge in [0.15, 0.2) is 0 Å². The molecule has 2 aromatic carbocycles. The molecule has 1 fully saturated rings. The van der Waals surface area contributed by atoms with Crippen LogP contribution in [0.1, 0.15) is 23.6 Å². The SMILES string of the molecule is CCOc1ccc(CC(=O)N2CCN(c3cccc(C)c3C)CC2)cc1. The minimum absolute atomic E-state index is 0.203. The van der Waals surface area contributed by atoms with Gasteiger partial charge in [-0.25, -0.2) is 0 Å². The van der Waals surface area contributed by atoms with Gasteiger partial charge in [0.2, 0.25) is 5.91 Å². The Morgan fingerprint density at radius 1 is 1.00 bits per heavy atom. The quantitative estimate of drug-likeness (QED) is 0.824. The summed E-state index contributed by atoms with van der Waals surface area (Å²) in [6.45, 7) is 10.3. The van der Waals surface area contributed by atoms with Crippen LogP contribution >= 0.6 is 0 Å². The first-order valence-electron chi connectivity index (χ1n) is 9.39. The molecule has 0 aliphatic carbocycles. The van der Waals surface area contributed by atoms with Crippen LogP contribution in [0.4, 0.5) is 5.69 Å². The molecule has 0 spiro atoms. The number of carbonyl (C=O) groups is 1. The summed E-state index contributed by atoms with van der Waals surface area (Å²) in [4.78, 5) is 17.0. The molecule has 0 bridgehead atoms. The molecular weight excluding hydrogens is 324 g/mol. The molecule has 1 aliphatic rings. The fraction of sp³-hybridized carbons (Fsp3) is 0.409. The lowest BCUT2D eigenvalue weighted by Crippen LogP contribution is -2.49. The summed E-state index contributed by atoms with van der Waals surface area (Å²) in [7, 11) is 0. The monoisotopic (exact) mass is 352 g/mol. The van der Waals surface area contributed by atoms with E-state index in [4.69, 9.17) is 4.74 Å². The molecule has 1 aliphatic heterocycles. The first-order valence-corrected chi connectivity index (χ1v) is 9.39. The number of anilines is 1. The van der Waals surface area contributed by atoms with E-state index < -0.39 is 0 Å². The van der Waals surface area contributed by atoms with Crippen molar-refractivity contribution >= 4 is 11.6 Å². The third kappa shape index (κ3) is 4.18. The van der Waals surface area contributed by atoms with Crippen LogP contribution in [0.3, 0.4) is 0 Å². The number of carbonyl (C=O) groups excluding carboxylic acids is 1. The number of hydrogen-bond donors (Lipinski definition) is 0. The van der Waals surface area contributed by atoms with Gasteiger partial charge in [0.05, 0.1) is 13.0 Å². The van der Waals surface area contributed by atoms with E-state index in [1.165, 1.54) is 16.8 Å². The molecule has 138 valence electrons. The molecule has 0 radical (unpaired) electrons. The van der Waals surface area contributed by atoms with E-state index in [9.17, 15) is 4.79 Å². The van der Waals surface area contributed by atoms with Crippen molar-refractivity contribution in [1.82, 2.24) is 4.90 Å². The van der Waals surface area contributed by atoms with Crippen molar-refractivity contribution < 1.29 is 9.53 Å². The van der Waals surface area contributed by atoms with Crippen LogP contribution in [0.5, 0.6) is 5.75 Å². The molecule has 2 aromatic rings. The fourth-order valence-electron chi connectivity index (χ4n) is 3.43. The number of rotatable bonds is 5. The summed E-state index contributed by atoms with van der Waals surface area (Å²) >= 11 is 0. The van der Waals surface area contributed by atoms with Gasteiger partial charge in [0.1, 0.15) is 5.75 Å². The van der Waals surface area contributed by atoms with Gasteiger partial charge in [0, 0.05) is 31.9 Å². The Bertz CT molecular complexity index is 747. The van der Waals surface area contributed by atoms with E-state index in [0.717, 1.165) is 37.5 Å². The summed E-state index contributed by atoms with van der Waals surface area (Å²) in [6, 6.07) is 14.3. The van der Waals surface area contributed by atoms with Crippen LogP contribution in [0, 0.1) is 13.8 Å². The minimum Gasteiger partial charge on any atom is -0.494 e. The maximum atomic E-state index is 12.6. The van der Waals surface area contributed by atoms with Crippen molar-refractivity contribution in [3.63, 3.8) is 0 Å². The molecule has 1 amide bonds. The van der Waals surface area contributed by atoms with Gasteiger partial charge in [-0.3, -0.25) is 4.79 Å². The largest absolute Gasteiger partial charge is 0.494 e. The topological polar surface area (TPSA) is 32.8 Å². The van der Waals surface area contributed by atoms with Gasteiger partial charge in [-0.05, 0) is 55.7 Å². The number of benzene rings is 2. The molecule has 1 saturated heterocycles. The molecule has 3 rings (SSSR count). The van der Waals surface area contributed by atoms with Gasteiger partial charge in [-0.2, -0.15) is 0 Å². The first-order chi connectivity index (χ1) is 12.6. The van der Waals surface area contributed by atoms with Crippen molar-refractivity contribution in [2.45, 2.75) is 27.2 Å². The van der Waals surface area contributed by atoms with Crippen molar-refractivity contribution in [2.75, 3.05) is 37.7 Å². The average molecular weight is 352 g/mol. The van der Waals surface area contributed by atoms with Crippen molar-refractivity contribution in [3.8, 4) is 5.75 Å². The van der Waals surface area contributed by atoms with Gasteiger partial charge >= 0.3 is 0 Å². The third-order valence-corrected chi connectivity index (χ3v) is 5.14. The summed E-state index contributed by atoms with van der Waals surface area (Å²) in [5.74, 6) is 1.06. The molecular formula is C22H28N2O2. The second-order valence-corrected chi connectivity index (χ2v) is 6.84. The van der Waals surface area contributed by atoms with E-state index in [-0.39, 0.29) is 5.91 Å². The van der Waals surface area contributed by atoms with Crippen LogP contribution in [0.2, 0.25) is 0 Å². The smallest absolute Gasteiger partial charge is 0.227 e. The Labute approximate surface area is 156 Å². The van der Waals surface area contributed by atoms with Gasteiger partial charge < -0.3 is 14.5 Å². The van der Waals surface area contributed by atoms with Crippen LogP contribution < -0.4 is 9.64 Å². The standard InChI is InChI=1S/C22H28N2O2/c1-4-26-20-10-8-19(9-11-20)16-22(25)24-14-12-23(13-15-24)21-7-5-6-17(2)18(21)3/h5-11H,4,12-16H2,1-3H3. The number of amides is 1. The maximum Gasteiger partial charge on any atom is 0.227 e. The molecule has 0 saturated carbocycles. The van der Waals surface area contributed by atoms with Crippen molar-refractivity contribution in [3.05, 3.63) is 59.2 Å². The summed E-state index contributed by atoms with van der Waals surface area (Å²) in [6.07, 6.45) is 0.454. The third-order valence-electron chi connectivity index (χ3n) is 5.14. The molecule has 1 heterocycles. The predicted molar refractivity (Wildman–Crippen MR) is 106 cm³/mol. The van der Waals surface area contributed by atoms with Crippen LogP contribution in [0.15, 0.2) is 42.5 Å². The predicted octanol–water partition coefficient (Wildman–Crippen LogP) is 3.59. The Morgan fingerprint density at radius 2 is 1.69 bits per heavy atom. The van der Waals surface area contributed by atoms with E-state index in [2.05, 4.69) is 36.9 Å². The van der Waals surface area contributed by atoms with E-state index in [0.29, 0.717) is 13.0 Å². The molecule has 4 heteroatoms. The Balaban J connectivity index is 1.55. The number of nitrogens with zero attached hydrogens (tertiary/aromatic N) is 2. The van der Waals surface area contributed by atoms with E-state index in [1.54, 1.807) is 0 Å². The van der Waals surface area contributed by atoms with Gasteiger partial charge in [-0.15, -0.1) is 0 Å². The maximum absolute atomic E-state index is 12.6. The van der Waals surface area contributed by atoms with Crippen molar-refractivity contribution in [2.24, 2.45) is 0 Å². The van der Waals surface area contributed by atoms with Crippen LogP contribution in [0.25, 0.3) is 0 Å². The number of piperazine rings is 1. The summed E-state index contributed by atoms with van der Waals surface area (Å²) < 4.78 is 5.45. The van der Waals surface area contributed by atoms with Crippen LogP contribution in [-0.4, -0.2) is 43.6 Å². The molecule has 0 atom stereocenters. The second kappa shape index (κ2) is 8.26. The highest BCUT2D eigenvalue weighted by atomic mass is 16.5. The molecule has 0 N–H and O–H groups in total. The average Bonchev–Trinajstić information content (AvgIpc) is 2.66. The zero-order valence-corrected chi connectivity index (χ0v) is 16.0. The highest BCUT2D eigenvalue weighted by molar-refractivity contribution is 5.79. The molecule has 0 aromatic heterocycles. The zero-order valence-electron chi connectivity index (χ0n) is 16.0. The van der Waals surface area contributed by atoms with E-state index in [1.807, 2.05) is 36.1 Å². The lowest BCUT2D eigenvalue weighted by atomic mass is 10.1. The molecule has 0 unspecified atom stereocenters. The Kier molecular flexibility index (Phi) is 5.82. The minimum atomic E-state index is 0.203. The molecule has 4 nitrogen and oxygen atoms in total. The van der Waals surface area contributed by atoms with Crippen molar-refractivity contribution in [1.29, 1.82) is 0 Å².